The summed E-state index contributed by atoms with van der Waals surface area (Å²) in [6, 6.07) is 7.87. The smallest absolute Gasteiger partial charge is 0.290 e. The highest BCUT2D eigenvalue weighted by Gasteiger charge is 2.25. The Balaban J connectivity index is 1.99. The van der Waals surface area contributed by atoms with Crippen molar-refractivity contribution in [3.8, 4) is 0 Å². The zero-order valence-corrected chi connectivity index (χ0v) is 14.3. The number of fused-ring (bicyclic) bond motifs is 1. The third-order valence-electron chi connectivity index (χ3n) is 3.66. The van der Waals surface area contributed by atoms with Crippen LogP contribution in [-0.4, -0.2) is 15.7 Å². The number of hydrogen-bond donors (Lipinski definition) is 2. The van der Waals surface area contributed by atoms with E-state index in [0.29, 0.717) is 17.1 Å². The molecule has 0 atom stereocenters. The zero-order chi connectivity index (χ0) is 17.8. The van der Waals surface area contributed by atoms with Crippen LogP contribution in [0, 0.1) is 0 Å². The summed E-state index contributed by atoms with van der Waals surface area (Å²) in [6.45, 7) is 4.14. The van der Waals surface area contributed by atoms with Gasteiger partial charge in [-0.25, -0.2) is 0 Å². The summed E-state index contributed by atoms with van der Waals surface area (Å²) >= 11 is 0.911. The Morgan fingerprint density at radius 1 is 1.28 bits per heavy atom. The van der Waals surface area contributed by atoms with Gasteiger partial charge in [0.1, 0.15) is 0 Å². The second kappa shape index (κ2) is 7.27. The molecule has 5 nitrogen and oxygen atoms in total. The molecule has 6 heteroatoms. The molecule has 2 heterocycles. The topological polar surface area (TPSA) is 77.1 Å². The van der Waals surface area contributed by atoms with Gasteiger partial charge in [-0.2, -0.15) is 0 Å². The van der Waals surface area contributed by atoms with Crippen LogP contribution in [0.1, 0.15) is 5.56 Å². The van der Waals surface area contributed by atoms with Crippen molar-refractivity contribution < 1.29 is 9.59 Å². The zero-order valence-electron chi connectivity index (χ0n) is 13.4. The minimum absolute atomic E-state index is 0.346. The normalized spacial score (nSPS) is 17.0. The van der Waals surface area contributed by atoms with Crippen LogP contribution in [0.2, 0.25) is 0 Å². The fourth-order valence-corrected chi connectivity index (χ4v) is 3.26. The van der Waals surface area contributed by atoms with Crippen LogP contribution in [0.15, 0.2) is 71.9 Å². The molecule has 0 spiro atoms. The number of carbonyl (C=O) groups is 2. The number of allylic oxidation sites excluding steroid dienone is 5. The maximum absolute atomic E-state index is 11.8. The Kier molecular flexibility index (Phi) is 4.90. The van der Waals surface area contributed by atoms with E-state index in [2.05, 4.69) is 11.9 Å². The van der Waals surface area contributed by atoms with E-state index in [0.717, 1.165) is 28.2 Å². The molecule has 3 rings (SSSR count). The highest BCUT2D eigenvalue weighted by molar-refractivity contribution is 8.18. The molecule has 2 aromatic rings. The molecule has 0 radical (unpaired) electrons. The first kappa shape index (κ1) is 16.9. The number of benzene rings is 1. The van der Waals surface area contributed by atoms with Crippen molar-refractivity contribution in [2.24, 2.45) is 5.73 Å². The van der Waals surface area contributed by atoms with Crippen molar-refractivity contribution in [3.05, 3.63) is 77.5 Å². The first-order chi connectivity index (χ1) is 12.1. The lowest BCUT2D eigenvalue weighted by molar-refractivity contribution is -0.115. The number of amides is 2. The van der Waals surface area contributed by atoms with Crippen LogP contribution in [0.3, 0.4) is 0 Å². The maximum atomic E-state index is 11.8. The van der Waals surface area contributed by atoms with Gasteiger partial charge in [0.15, 0.2) is 0 Å². The van der Waals surface area contributed by atoms with Gasteiger partial charge in [-0.15, -0.1) is 0 Å². The minimum atomic E-state index is -0.360. The van der Waals surface area contributed by atoms with Gasteiger partial charge < -0.3 is 10.3 Å². The fraction of sp³-hybridized carbons (Fsp3) is 0.0526. The molecule has 0 unspecified atom stereocenters. The van der Waals surface area contributed by atoms with Crippen molar-refractivity contribution in [2.75, 3.05) is 0 Å². The summed E-state index contributed by atoms with van der Waals surface area (Å²) in [5.74, 6) is -0.360. The lowest BCUT2D eigenvalue weighted by atomic mass is 10.1. The molecule has 25 heavy (non-hydrogen) atoms. The van der Waals surface area contributed by atoms with E-state index in [1.54, 1.807) is 12.2 Å². The Labute approximate surface area is 149 Å². The van der Waals surface area contributed by atoms with Gasteiger partial charge in [0.25, 0.3) is 11.1 Å². The lowest BCUT2D eigenvalue weighted by Crippen LogP contribution is -2.17. The first-order valence-electron chi connectivity index (χ1n) is 7.65. The summed E-state index contributed by atoms with van der Waals surface area (Å²) in [5, 5.41) is 2.92. The molecule has 0 saturated carbocycles. The van der Waals surface area contributed by atoms with Gasteiger partial charge in [-0.1, -0.05) is 43.0 Å². The van der Waals surface area contributed by atoms with Gasteiger partial charge in [0, 0.05) is 28.4 Å². The van der Waals surface area contributed by atoms with Gasteiger partial charge >= 0.3 is 0 Å². The predicted octanol–water partition coefficient (Wildman–Crippen LogP) is 3.55. The molecule has 2 amide bonds. The molecule has 1 aromatic carbocycles. The number of carbonyl (C=O) groups excluding carboxylic acids is 2. The molecule has 0 bridgehead atoms. The summed E-state index contributed by atoms with van der Waals surface area (Å²) in [7, 11) is 0. The van der Waals surface area contributed by atoms with Gasteiger partial charge in [-0.05, 0) is 30.0 Å². The molecule has 3 N–H and O–H groups in total. The van der Waals surface area contributed by atoms with Crippen molar-refractivity contribution in [1.82, 2.24) is 9.88 Å². The molecule has 1 aromatic heterocycles. The van der Waals surface area contributed by atoms with E-state index in [9.17, 15) is 9.59 Å². The highest BCUT2D eigenvalue weighted by atomic mass is 32.2. The maximum Gasteiger partial charge on any atom is 0.290 e. The van der Waals surface area contributed by atoms with Crippen LogP contribution >= 0.6 is 11.8 Å². The third kappa shape index (κ3) is 3.75. The second-order valence-corrected chi connectivity index (χ2v) is 6.46. The number of nitrogens with one attached hydrogen (secondary N) is 1. The third-order valence-corrected chi connectivity index (χ3v) is 4.47. The highest BCUT2D eigenvalue weighted by Crippen LogP contribution is 2.29. The molecule has 126 valence electrons. The Bertz CT molecular complexity index is 951. The number of hydrogen-bond acceptors (Lipinski definition) is 4. The number of para-hydroxylation sites is 1. The van der Waals surface area contributed by atoms with Crippen molar-refractivity contribution >= 4 is 39.9 Å². The summed E-state index contributed by atoms with van der Waals surface area (Å²) in [5.41, 5.74) is 8.65. The van der Waals surface area contributed by atoms with Crippen LogP contribution < -0.4 is 11.1 Å². The van der Waals surface area contributed by atoms with E-state index in [1.165, 1.54) is 0 Å². The van der Waals surface area contributed by atoms with Crippen molar-refractivity contribution in [3.63, 3.8) is 0 Å². The number of imide groups is 1. The molecule has 1 saturated heterocycles. The standard InChI is InChI=1S/C19H17N3O2S/c1-2-3-4-7-14(20)12-22-11-13(15-8-5-6-9-16(15)22)10-17-18(23)21-19(24)25-17/h2-11H,1,12,20H2,(H,21,23,24)/b4-3-,14-7-,17-10-. The molecular formula is C19H17N3O2S. The summed E-state index contributed by atoms with van der Waals surface area (Å²) in [6.07, 6.45) is 10.8. The average Bonchev–Trinajstić information content (AvgIpc) is 3.08. The largest absolute Gasteiger partial charge is 0.401 e. The van der Waals surface area contributed by atoms with Crippen LogP contribution in [0.25, 0.3) is 17.0 Å². The second-order valence-electron chi connectivity index (χ2n) is 5.44. The van der Waals surface area contributed by atoms with Crippen LogP contribution in [-0.2, 0) is 11.3 Å². The predicted molar refractivity (Wildman–Crippen MR) is 103 cm³/mol. The van der Waals surface area contributed by atoms with Crippen molar-refractivity contribution in [1.29, 1.82) is 0 Å². The summed E-state index contributed by atoms with van der Waals surface area (Å²) in [4.78, 5) is 23.5. The number of nitrogens with zero attached hydrogens (tertiary/aromatic N) is 1. The first-order valence-corrected chi connectivity index (χ1v) is 8.46. The Hall–Kier alpha value is -2.99. The molecule has 0 aliphatic carbocycles. The Morgan fingerprint density at radius 3 is 2.80 bits per heavy atom. The van der Waals surface area contributed by atoms with Gasteiger partial charge in [0.2, 0.25) is 0 Å². The van der Waals surface area contributed by atoms with E-state index < -0.39 is 0 Å². The van der Waals surface area contributed by atoms with E-state index in [4.69, 9.17) is 5.73 Å². The monoisotopic (exact) mass is 351 g/mol. The van der Waals surface area contributed by atoms with Crippen LogP contribution in [0.5, 0.6) is 0 Å². The molecular weight excluding hydrogens is 334 g/mol. The average molecular weight is 351 g/mol. The summed E-state index contributed by atoms with van der Waals surface area (Å²) < 4.78 is 2.02. The number of rotatable bonds is 5. The number of nitrogens with two attached hydrogens (primary N) is 1. The Morgan fingerprint density at radius 2 is 2.08 bits per heavy atom. The quantitative estimate of drug-likeness (QED) is 0.638. The van der Waals surface area contributed by atoms with Gasteiger partial charge in [0.05, 0.1) is 11.4 Å². The van der Waals surface area contributed by atoms with E-state index >= 15 is 0 Å². The minimum Gasteiger partial charge on any atom is -0.401 e. The number of aromatic nitrogens is 1. The van der Waals surface area contributed by atoms with Crippen LogP contribution in [0.4, 0.5) is 4.79 Å². The number of thioether (sulfide) groups is 1. The van der Waals surface area contributed by atoms with Gasteiger partial charge in [-0.3, -0.25) is 14.9 Å². The molecule has 1 fully saturated rings. The SMILES string of the molecule is C=C/C=C\C=C(/N)Cn1cc(/C=C2\SC(=O)NC2=O)c2ccccc21. The van der Waals surface area contributed by atoms with E-state index in [-0.39, 0.29) is 11.1 Å². The molecule has 1 aliphatic heterocycles. The van der Waals surface area contributed by atoms with Crippen molar-refractivity contribution in [2.45, 2.75) is 6.54 Å². The molecule has 1 aliphatic rings. The fourth-order valence-electron chi connectivity index (χ4n) is 2.59. The van der Waals surface area contributed by atoms with E-state index in [1.807, 2.05) is 53.3 Å². The lowest BCUT2D eigenvalue weighted by Gasteiger charge is -2.04.